The number of aromatic nitrogens is 1. The van der Waals surface area contributed by atoms with Crippen LogP contribution in [-0.4, -0.2) is 4.98 Å². The maximum absolute atomic E-state index is 13.1. The Morgan fingerprint density at radius 2 is 2.11 bits per heavy atom. The average Bonchev–Trinajstić information content (AvgIpc) is 2.34. The van der Waals surface area contributed by atoms with Crippen LogP contribution in [0.2, 0.25) is 5.02 Å². The fourth-order valence-corrected chi connectivity index (χ4v) is 2.08. The zero-order valence-electron chi connectivity index (χ0n) is 9.62. The molecule has 0 saturated carbocycles. The van der Waals surface area contributed by atoms with E-state index in [1.54, 1.807) is 12.3 Å². The zero-order chi connectivity index (χ0) is 13.1. The van der Waals surface area contributed by atoms with Crippen LogP contribution >= 0.6 is 27.5 Å². The van der Waals surface area contributed by atoms with Crippen molar-refractivity contribution in [3.63, 3.8) is 0 Å². The summed E-state index contributed by atoms with van der Waals surface area (Å²) in [6, 6.07) is 6.98. The standard InChI is InChI=1S/C13H11BrClFN2/c1-8(9-4-10(16)7-17-6-9)18-11-2-3-13(15)12(14)5-11/h2-8,18H,1H3. The Morgan fingerprint density at radius 3 is 2.78 bits per heavy atom. The Morgan fingerprint density at radius 1 is 1.33 bits per heavy atom. The summed E-state index contributed by atoms with van der Waals surface area (Å²) in [5.74, 6) is -0.335. The Balaban J connectivity index is 2.16. The summed E-state index contributed by atoms with van der Waals surface area (Å²) in [6.07, 6.45) is 2.83. The molecule has 2 rings (SSSR count). The van der Waals surface area contributed by atoms with Crippen LogP contribution in [0, 0.1) is 5.82 Å². The summed E-state index contributed by atoms with van der Waals surface area (Å²) < 4.78 is 13.9. The minimum atomic E-state index is -0.335. The second-order valence-electron chi connectivity index (χ2n) is 3.93. The number of nitrogens with zero attached hydrogens (tertiary/aromatic N) is 1. The van der Waals surface area contributed by atoms with Crippen LogP contribution in [0.3, 0.4) is 0 Å². The molecule has 0 saturated heterocycles. The van der Waals surface area contributed by atoms with Gasteiger partial charge in [0.05, 0.1) is 17.3 Å². The van der Waals surface area contributed by atoms with E-state index >= 15 is 0 Å². The molecule has 5 heteroatoms. The first-order valence-electron chi connectivity index (χ1n) is 5.38. The molecule has 2 aromatic rings. The molecule has 1 aromatic carbocycles. The van der Waals surface area contributed by atoms with Crippen molar-refractivity contribution in [2.75, 3.05) is 5.32 Å². The number of anilines is 1. The van der Waals surface area contributed by atoms with Gasteiger partial charge in [-0.1, -0.05) is 11.6 Å². The molecule has 1 heterocycles. The van der Waals surface area contributed by atoms with Crippen LogP contribution in [0.4, 0.5) is 10.1 Å². The van der Waals surface area contributed by atoms with Crippen molar-refractivity contribution >= 4 is 33.2 Å². The van der Waals surface area contributed by atoms with Crippen LogP contribution in [0.25, 0.3) is 0 Å². The number of hydrogen-bond acceptors (Lipinski definition) is 2. The SMILES string of the molecule is CC(Nc1ccc(Cl)c(Br)c1)c1cncc(F)c1. The van der Waals surface area contributed by atoms with Gasteiger partial charge in [-0.2, -0.15) is 0 Å². The smallest absolute Gasteiger partial charge is 0.141 e. The molecule has 0 amide bonds. The summed E-state index contributed by atoms with van der Waals surface area (Å²) in [5, 5.41) is 3.91. The van der Waals surface area contributed by atoms with E-state index in [-0.39, 0.29) is 11.9 Å². The zero-order valence-corrected chi connectivity index (χ0v) is 12.0. The molecule has 1 unspecified atom stereocenters. The van der Waals surface area contributed by atoms with Crippen molar-refractivity contribution in [2.24, 2.45) is 0 Å². The van der Waals surface area contributed by atoms with Crippen molar-refractivity contribution in [3.05, 3.63) is 57.5 Å². The lowest BCUT2D eigenvalue weighted by Crippen LogP contribution is -2.07. The van der Waals surface area contributed by atoms with Crippen LogP contribution in [0.1, 0.15) is 18.5 Å². The Bertz CT molecular complexity index is 562. The van der Waals surface area contributed by atoms with Gasteiger partial charge in [0.1, 0.15) is 5.82 Å². The Labute approximate surface area is 118 Å². The summed E-state index contributed by atoms with van der Waals surface area (Å²) in [7, 11) is 0. The normalized spacial score (nSPS) is 12.2. The van der Waals surface area contributed by atoms with Gasteiger partial charge in [-0.3, -0.25) is 4.98 Å². The second kappa shape index (κ2) is 5.67. The quantitative estimate of drug-likeness (QED) is 0.874. The van der Waals surface area contributed by atoms with Crippen molar-refractivity contribution in [2.45, 2.75) is 13.0 Å². The largest absolute Gasteiger partial charge is 0.378 e. The van der Waals surface area contributed by atoms with Crippen LogP contribution in [0.15, 0.2) is 41.1 Å². The van der Waals surface area contributed by atoms with Gasteiger partial charge in [-0.15, -0.1) is 0 Å². The minimum Gasteiger partial charge on any atom is -0.378 e. The molecule has 0 bridgehead atoms. The molecular weight excluding hydrogens is 319 g/mol. The predicted molar refractivity (Wildman–Crippen MR) is 75.4 cm³/mol. The van der Waals surface area contributed by atoms with Gasteiger partial charge >= 0.3 is 0 Å². The molecule has 0 aliphatic heterocycles. The highest BCUT2D eigenvalue weighted by molar-refractivity contribution is 9.10. The fourth-order valence-electron chi connectivity index (χ4n) is 1.58. The molecule has 1 atom stereocenters. The highest BCUT2D eigenvalue weighted by Crippen LogP contribution is 2.27. The lowest BCUT2D eigenvalue weighted by atomic mass is 10.1. The van der Waals surface area contributed by atoms with E-state index in [1.165, 1.54) is 12.3 Å². The van der Waals surface area contributed by atoms with Crippen molar-refractivity contribution in [1.82, 2.24) is 4.98 Å². The predicted octanol–water partition coefficient (Wildman–Crippen LogP) is 4.81. The molecule has 0 spiro atoms. The van der Waals surface area contributed by atoms with Gasteiger partial charge in [0, 0.05) is 16.4 Å². The third kappa shape index (κ3) is 3.21. The lowest BCUT2D eigenvalue weighted by molar-refractivity contribution is 0.616. The number of pyridine rings is 1. The summed E-state index contributed by atoms with van der Waals surface area (Å²) in [6.45, 7) is 1.94. The van der Waals surface area contributed by atoms with Crippen molar-refractivity contribution in [1.29, 1.82) is 0 Å². The van der Waals surface area contributed by atoms with Gasteiger partial charge < -0.3 is 5.32 Å². The van der Waals surface area contributed by atoms with Gasteiger partial charge in [0.25, 0.3) is 0 Å². The van der Waals surface area contributed by atoms with E-state index in [2.05, 4.69) is 26.2 Å². The molecule has 18 heavy (non-hydrogen) atoms. The van der Waals surface area contributed by atoms with E-state index in [4.69, 9.17) is 11.6 Å². The molecule has 1 aromatic heterocycles. The maximum atomic E-state index is 13.1. The van der Waals surface area contributed by atoms with E-state index < -0.39 is 0 Å². The third-order valence-electron chi connectivity index (χ3n) is 2.53. The van der Waals surface area contributed by atoms with Gasteiger partial charge in [0.2, 0.25) is 0 Å². The van der Waals surface area contributed by atoms with Crippen LogP contribution in [-0.2, 0) is 0 Å². The second-order valence-corrected chi connectivity index (χ2v) is 5.19. The van der Waals surface area contributed by atoms with Gasteiger partial charge in [-0.25, -0.2) is 4.39 Å². The molecule has 2 nitrogen and oxygen atoms in total. The van der Waals surface area contributed by atoms with E-state index in [1.807, 2.05) is 19.1 Å². The molecule has 94 valence electrons. The summed E-state index contributed by atoms with van der Waals surface area (Å²) >= 11 is 9.28. The fraction of sp³-hybridized carbons (Fsp3) is 0.154. The third-order valence-corrected chi connectivity index (χ3v) is 3.74. The van der Waals surface area contributed by atoms with Gasteiger partial charge in [0.15, 0.2) is 0 Å². The van der Waals surface area contributed by atoms with Crippen LogP contribution in [0.5, 0.6) is 0 Å². The van der Waals surface area contributed by atoms with Crippen molar-refractivity contribution in [3.8, 4) is 0 Å². The molecule has 1 N–H and O–H groups in total. The number of rotatable bonds is 3. The lowest BCUT2D eigenvalue weighted by Gasteiger charge is -2.15. The Hall–Kier alpha value is -1.13. The monoisotopic (exact) mass is 328 g/mol. The average molecular weight is 330 g/mol. The number of halogens is 3. The minimum absolute atomic E-state index is 0.0405. The van der Waals surface area contributed by atoms with E-state index in [0.29, 0.717) is 5.02 Å². The topological polar surface area (TPSA) is 24.9 Å². The number of benzene rings is 1. The maximum Gasteiger partial charge on any atom is 0.141 e. The number of hydrogen-bond donors (Lipinski definition) is 1. The molecule has 0 fully saturated rings. The molecule has 0 radical (unpaired) electrons. The van der Waals surface area contributed by atoms with Gasteiger partial charge in [-0.05, 0) is 52.7 Å². The first kappa shape index (κ1) is 13.3. The molecule has 0 aliphatic carbocycles. The molecule has 0 aliphatic rings. The van der Waals surface area contributed by atoms with E-state index in [0.717, 1.165) is 15.7 Å². The highest BCUT2D eigenvalue weighted by Gasteiger charge is 2.07. The summed E-state index contributed by atoms with van der Waals surface area (Å²) in [5.41, 5.74) is 1.70. The first-order chi connectivity index (χ1) is 8.56. The molecular formula is C13H11BrClFN2. The highest BCUT2D eigenvalue weighted by atomic mass is 79.9. The number of nitrogens with one attached hydrogen (secondary N) is 1. The van der Waals surface area contributed by atoms with E-state index in [9.17, 15) is 4.39 Å². The first-order valence-corrected chi connectivity index (χ1v) is 6.55. The summed E-state index contributed by atoms with van der Waals surface area (Å²) in [4.78, 5) is 3.83. The van der Waals surface area contributed by atoms with Crippen molar-refractivity contribution < 1.29 is 4.39 Å². The van der Waals surface area contributed by atoms with Crippen LogP contribution < -0.4 is 5.32 Å². The Kier molecular flexibility index (Phi) is 4.19.